The molecule has 0 amide bonds. The van der Waals surface area contributed by atoms with E-state index >= 15 is 0 Å². The summed E-state index contributed by atoms with van der Waals surface area (Å²) in [5.74, 6) is 6.54. The molecule has 0 bridgehead atoms. The van der Waals surface area contributed by atoms with Gasteiger partial charge in [-0.2, -0.15) is 0 Å². The fraction of sp³-hybridized carbons (Fsp3) is 1.00. The average molecular weight is 667 g/mol. The predicted molar refractivity (Wildman–Crippen MR) is 209 cm³/mol. The maximum absolute atomic E-state index is 6.64. The van der Waals surface area contributed by atoms with E-state index in [1.165, 1.54) is 89.9 Å². The van der Waals surface area contributed by atoms with Crippen molar-refractivity contribution in [2.24, 2.45) is 47.3 Å². The van der Waals surface area contributed by atoms with Gasteiger partial charge in [0.05, 0.1) is 0 Å². The molecule has 0 aliphatic heterocycles. The molecule has 0 fully saturated rings. The molecule has 3 nitrogen and oxygen atoms in total. The highest BCUT2D eigenvalue weighted by molar-refractivity contribution is 4.68. The van der Waals surface area contributed by atoms with Crippen LogP contribution in [0.3, 0.4) is 0 Å². The maximum Gasteiger partial charge on any atom is 0.160 e. The summed E-state index contributed by atoms with van der Waals surface area (Å²) in [6.45, 7) is 30.4. The van der Waals surface area contributed by atoms with Crippen molar-refractivity contribution >= 4 is 0 Å². The van der Waals surface area contributed by atoms with Crippen molar-refractivity contribution in [1.82, 2.24) is 0 Å². The van der Waals surface area contributed by atoms with Crippen LogP contribution in [0.15, 0.2) is 0 Å². The van der Waals surface area contributed by atoms with Gasteiger partial charge in [0, 0.05) is 13.2 Å². The van der Waals surface area contributed by atoms with Crippen LogP contribution in [-0.4, -0.2) is 25.8 Å². The Balaban J connectivity index is 4.84. The van der Waals surface area contributed by atoms with Crippen molar-refractivity contribution in [3.63, 3.8) is 0 Å². The fourth-order valence-corrected chi connectivity index (χ4v) is 8.50. The highest BCUT2D eigenvalue weighted by atomic mass is 16.8. The molecule has 0 aliphatic rings. The van der Waals surface area contributed by atoms with Crippen LogP contribution in [0.2, 0.25) is 0 Å². The molecule has 0 aromatic rings. The molecule has 10 atom stereocenters. The van der Waals surface area contributed by atoms with Crippen LogP contribution in [0, 0.1) is 47.3 Å². The molecule has 10 unspecified atom stereocenters. The lowest BCUT2D eigenvalue weighted by molar-refractivity contribution is -0.250. The molecule has 0 N–H and O–H groups in total. The van der Waals surface area contributed by atoms with E-state index in [2.05, 4.69) is 83.1 Å². The van der Waals surface area contributed by atoms with Crippen molar-refractivity contribution in [3.05, 3.63) is 0 Å². The monoisotopic (exact) mass is 667 g/mol. The molecular formula is C44H90O3. The maximum atomic E-state index is 6.64. The number of unbranched alkanes of at least 4 members (excludes halogenated alkanes) is 2. The molecule has 0 heterocycles. The van der Waals surface area contributed by atoms with E-state index in [9.17, 15) is 0 Å². The quantitative estimate of drug-likeness (QED) is 0.0505. The second-order valence-electron chi connectivity index (χ2n) is 17.1. The van der Waals surface area contributed by atoms with E-state index in [1.807, 2.05) is 0 Å². The van der Waals surface area contributed by atoms with Gasteiger partial charge in [-0.3, -0.25) is 0 Å². The number of ether oxygens (including phenoxy) is 3. The van der Waals surface area contributed by atoms with Crippen LogP contribution in [0.5, 0.6) is 0 Å². The van der Waals surface area contributed by atoms with E-state index < -0.39 is 0 Å². The van der Waals surface area contributed by atoms with Gasteiger partial charge in [-0.15, -0.1) is 0 Å². The largest absolute Gasteiger partial charge is 0.353 e. The average Bonchev–Trinajstić information content (AvgIpc) is 2.96. The van der Waals surface area contributed by atoms with Crippen LogP contribution in [0.1, 0.15) is 212 Å². The van der Waals surface area contributed by atoms with Crippen LogP contribution in [0.4, 0.5) is 0 Å². The summed E-state index contributed by atoms with van der Waals surface area (Å²) < 4.78 is 19.3. The molecule has 3 heteroatoms. The Kier molecular flexibility index (Phi) is 30.6. The van der Waals surface area contributed by atoms with Crippen molar-refractivity contribution in [1.29, 1.82) is 0 Å². The topological polar surface area (TPSA) is 27.7 Å². The number of rotatable bonds is 34. The van der Waals surface area contributed by atoms with Crippen molar-refractivity contribution < 1.29 is 14.2 Å². The molecule has 47 heavy (non-hydrogen) atoms. The third-order valence-electron chi connectivity index (χ3n) is 10.6. The van der Waals surface area contributed by atoms with E-state index in [0.717, 1.165) is 99.1 Å². The predicted octanol–water partition coefficient (Wildman–Crippen LogP) is 14.7. The standard InChI is InChI=1S/C44H90O3/c1-13-17-27-45-43(25-19-23-37(7)31-41(11)33-39(9)29-35(5)21-15-3)47-44(46-28-18-14-2)26-20-24-38(8)32-42(12)34-40(10)30-36(6)22-16-4/h35-44H,13-34H2,1-12H3. The molecule has 0 aromatic heterocycles. The molecule has 0 saturated carbocycles. The molecule has 0 spiro atoms. The minimum atomic E-state index is -0.146. The fourth-order valence-electron chi connectivity index (χ4n) is 8.50. The molecular weight excluding hydrogens is 576 g/mol. The van der Waals surface area contributed by atoms with Crippen LogP contribution in [0.25, 0.3) is 0 Å². The Hall–Kier alpha value is -0.120. The van der Waals surface area contributed by atoms with Crippen LogP contribution < -0.4 is 0 Å². The first-order valence-electron chi connectivity index (χ1n) is 21.3. The highest BCUT2D eigenvalue weighted by Gasteiger charge is 2.21. The minimum Gasteiger partial charge on any atom is -0.353 e. The van der Waals surface area contributed by atoms with Gasteiger partial charge in [0.15, 0.2) is 12.6 Å². The van der Waals surface area contributed by atoms with Crippen LogP contribution in [-0.2, 0) is 14.2 Å². The highest BCUT2D eigenvalue weighted by Crippen LogP contribution is 2.29. The van der Waals surface area contributed by atoms with E-state index in [1.54, 1.807) is 0 Å². The van der Waals surface area contributed by atoms with Gasteiger partial charge >= 0.3 is 0 Å². The molecule has 0 rings (SSSR count). The summed E-state index contributed by atoms with van der Waals surface area (Å²) in [5, 5.41) is 0. The third-order valence-corrected chi connectivity index (χ3v) is 10.6. The van der Waals surface area contributed by atoms with E-state index in [4.69, 9.17) is 14.2 Å². The summed E-state index contributed by atoms with van der Waals surface area (Å²) in [5.41, 5.74) is 0. The van der Waals surface area contributed by atoms with Gasteiger partial charge in [0.2, 0.25) is 0 Å². The van der Waals surface area contributed by atoms with Gasteiger partial charge in [-0.25, -0.2) is 0 Å². The first kappa shape index (κ1) is 46.9. The van der Waals surface area contributed by atoms with Crippen molar-refractivity contribution in [2.45, 2.75) is 224 Å². The second kappa shape index (κ2) is 30.7. The first-order valence-corrected chi connectivity index (χ1v) is 21.3. The minimum absolute atomic E-state index is 0.146. The van der Waals surface area contributed by atoms with Crippen molar-refractivity contribution in [2.75, 3.05) is 13.2 Å². The van der Waals surface area contributed by atoms with E-state index in [-0.39, 0.29) is 12.6 Å². The van der Waals surface area contributed by atoms with Gasteiger partial charge < -0.3 is 14.2 Å². The Morgan fingerprint density at radius 3 is 0.915 bits per heavy atom. The van der Waals surface area contributed by atoms with E-state index in [0.29, 0.717) is 0 Å². The first-order chi connectivity index (χ1) is 22.4. The lowest BCUT2D eigenvalue weighted by Crippen LogP contribution is -2.28. The van der Waals surface area contributed by atoms with Crippen LogP contribution >= 0.6 is 0 Å². The second-order valence-corrected chi connectivity index (χ2v) is 17.1. The third kappa shape index (κ3) is 28.3. The molecule has 0 aliphatic carbocycles. The summed E-state index contributed by atoms with van der Waals surface area (Å²) in [4.78, 5) is 0. The zero-order valence-corrected chi connectivity index (χ0v) is 34.6. The zero-order chi connectivity index (χ0) is 35.5. The summed E-state index contributed by atoms with van der Waals surface area (Å²) >= 11 is 0. The molecule has 0 radical (unpaired) electrons. The van der Waals surface area contributed by atoms with Crippen molar-refractivity contribution in [3.8, 4) is 0 Å². The van der Waals surface area contributed by atoms with Gasteiger partial charge in [-0.05, 0) is 124 Å². The molecule has 284 valence electrons. The normalized spacial score (nSPS) is 18.6. The zero-order valence-electron chi connectivity index (χ0n) is 34.6. The smallest absolute Gasteiger partial charge is 0.160 e. The van der Waals surface area contributed by atoms with Gasteiger partial charge in [0.25, 0.3) is 0 Å². The number of hydrogen-bond donors (Lipinski definition) is 0. The Morgan fingerprint density at radius 2 is 0.617 bits per heavy atom. The lowest BCUT2D eigenvalue weighted by Gasteiger charge is -2.27. The SMILES string of the molecule is CCCCOC(CCCC(C)CC(C)CC(C)CC(C)CCC)OC(CCCC(C)CC(C)CC(C)CC(C)CCC)OCCCC. The van der Waals surface area contributed by atoms with Gasteiger partial charge in [0.1, 0.15) is 0 Å². The lowest BCUT2D eigenvalue weighted by atomic mass is 9.83. The molecule has 0 saturated heterocycles. The summed E-state index contributed by atoms with van der Waals surface area (Å²) in [7, 11) is 0. The summed E-state index contributed by atoms with van der Waals surface area (Å²) in [6.07, 6.45) is 24.6. The number of hydrogen-bond acceptors (Lipinski definition) is 3. The molecule has 0 aromatic carbocycles. The Morgan fingerprint density at radius 1 is 0.319 bits per heavy atom. The van der Waals surface area contributed by atoms with Gasteiger partial charge in [-0.1, -0.05) is 134 Å². The summed E-state index contributed by atoms with van der Waals surface area (Å²) in [6, 6.07) is 0. The Bertz CT molecular complexity index is 598. The Labute approximate surface area is 298 Å².